The first-order chi connectivity index (χ1) is 9.61. The van der Waals surface area contributed by atoms with Crippen molar-refractivity contribution < 1.29 is 0 Å². The maximum absolute atomic E-state index is 6.08. The van der Waals surface area contributed by atoms with Gasteiger partial charge in [0.15, 0.2) is 5.65 Å². The topological polar surface area (TPSA) is 35.6 Å². The molecule has 0 saturated heterocycles. The molecule has 0 saturated carbocycles. The van der Waals surface area contributed by atoms with E-state index in [4.69, 9.17) is 11.6 Å². The van der Waals surface area contributed by atoms with Crippen LogP contribution in [0.3, 0.4) is 0 Å². The first-order valence-electron chi connectivity index (χ1n) is 6.59. The summed E-state index contributed by atoms with van der Waals surface area (Å²) in [5, 5.41) is 8.77. The molecule has 3 aromatic rings. The van der Waals surface area contributed by atoms with E-state index in [1.165, 1.54) is 5.56 Å². The Balaban J connectivity index is 2.08. The molecule has 4 nitrogen and oxygen atoms in total. The van der Waals surface area contributed by atoms with E-state index in [-0.39, 0.29) is 0 Å². The molecule has 0 radical (unpaired) electrons. The van der Waals surface area contributed by atoms with Crippen molar-refractivity contribution in [3.63, 3.8) is 0 Å². The molecule has 3 aromatic heterocycles. The smallest absolute Gasteiger partial charge is 0.158 e. The summed E-state index contributed by atoms with van der Waals surface area (Å²) >= 11 is 7.81. The first-order valence-corrected chi connectivity index (χ1v) is 8.07. The van der Waals surface area contributed by atoms with Gasteiger partial charge in [0.05, 0.1) is 11.6 Å². The van der Waals surface area contributed by atoms with Crippen molar-refractivity contribution in [1.82, 2.24) is 19.3 Å². The Kier molecular flexibility index (Phi) is 3.56. The number of hydrogen-bond acceptors (Lipinski definition) is 3. The highest BCUT2D eigenvalue weighted by molar-refractivity contribution is 7.07. The Morgan fingerprint density at radius 3 is 2.90 bits per heavy atom. The van der Waals surface area contributed by atoms with E-state index in [9.17, 15) is 0 Å². The van der Waals surface area contributed by atoms with Crippen LogP contribution in [0.25, 0.3) is 11.2 Å². The Hall–Kier alpha value is -1.33. The van der Waals surface area contributed by atoms with Crippen LogP contribution < -0.4 is 0 Å². The number of fused-ring (bicyclic) bond motifs is 1. The Morgan fingerprint density at radius 1 is 1.45 bits per heavy atom. The van der Waals surface area contributed by atoms with Gasteiger partial charge in [-0.15, -0.1) is 11.6 Å². The van der Waals surface area contributed by atoms with Crippen LogP contribution in [0.4, 0.5) is 0 Å². The van der Waals surface area contributed by atoms with Gasteiger partial charge in [-0.1, -0.05) is 0 Å². The third-order valence-electron chi connectivity index (χ3n) is 3.58. The van der Waals surface area contributed by atoms with Gasteiger partial charge < -0.3 is 4.57 Å². The molecule has 3 rings (SSSR count). The van der Waals surface area contributed by atoms with Crippen molar-refractivity contribution in [3.05, 3.63) is 33.9 Å². The number of thiophene rings is 1. The summed E-state index contributed by atoms with van der Waals surface area (Å²) in [5.74, 6) is 1.34. The number of aryl methyl sites for hydroxylation is 2. The van der Waals surface area contributed by atoms with Gasteiger partial charge in [-0.2, -0.15) is 16.4 Å². The average Bonchev–Trinajstić information content (AvgIpc) is 3.08. The van der Waals surface area contributed by atoms with Crippen molar-refractivity contribution in [2.75, 3.05) is 0 Å². The molecular weight excluding hydrogens is 292 g/mol. The highest BCUT2D eigenvalue weighted by Gasteiger charge is 2.20. The standard InChI is InChI=1S/C14H17ClN4S/c1-9(6-11-4-5-20-8-11)19-12(7-15)16-13-10(2)17-18(3)14(13)19/h4-5,8-9H,6-7H2,1-3H3. The molecule has 106 valence electrons. The Bertz CT molecular complexity index is 726. The fourth-order valence-electron chi connectivity index (χ4n) is 2.74. The fourth-order valence-corrected chi connectivity index (χ4v) is 3.61. The van der Waals surface area contributed by atoms with Crippen molar-refractivity contribution in [2.45, 2.75) is 32.2 Å². The zero-order chi connectivity index (χ0) is 14.3. The maximum atomic E-state index is 6.08. The average molecular weight is 309 g/mol. The Morgan fingerprint density at radius 2 is 2.25 bits per heavy atom. The van der Waals surface area contributed by atoms with Crippen molar-refractivity contribution >= 4 is 34.1 Å². The van der Waals surface area contributed by atoms with Gasteiger partial charge in [-0.25, -0.2) is 4.98 Å². The van der Waals surface area contributed by atoms with Crippen LogP contribution in [-0.4, -0.2) is 19.3 Å². The van der Waals surface area contributed by atoms with E-state index >= 15 is 0 Å². The molecule has 0 aliphatic carbocycles. The highest BCUT2D eigenvalue weighted by atomic mass is 35.5. The minimum Gasteiger partial charge on any atom is -0.309 e. The van der Waals surface area contributed by atoms with Crippen LogP contribution in [0.1, 0.15) is 30.0 Å². The summed E-state index contributed by atoms with van der Waals surface area (Å²) in [7, 11) is 1.96. The van der Waals surface area contributed by atoms with Crippen molar-refractivity contribution in [1.29, 1.82) is 0 Å². The van der Waals surface area contributed by atoms with Gasteiger partial charge in [0, 0.05) is 13.1 Å². The van der Waals surface area contributed by atoms with E-state index < -0.39 is 0 Å². The molecule has 0 aromatic carbocycles. The Labute approximate surface area is 127 Å². The largest absolute Gasteiger partial charge is 0.309 e. The van der Waals surface area contributed by atoms with Gasteiger partial charge in [-0.05, 0) is 42.7 Å². The van der Waals surface area contributed by atoms with Gasteiger partial charge in [0.1, 0.15) is 11.3 Å². The molecule has 1 atom stereocenters. The van der Waals surface area contributed by atoms with Crippen LogP contribution >= 0.6 is 22.9 Å². The molecule has 0 spiro atoms. The van der Waals surface area contributed by atoms with Crippen molar-refractivity contribution in [3.8, 4) is 0 Å². The lowest BCUT2D eigenvalue weighted by Crippen LogP contribution is -2.13. The molecule has 3 heterocycles. The predicted molar refractivity (Wildman–Crippen MR) is 83.5 cm³/mol. The number of nitrogens with zero attached hydrogens (tertiary/aromatic N) is 4. The molecule has 0 N–H and O–H groups in total. The van der Waals surface area contributed by atoms with Crippen LogP contribution in [0.2, 0.25) is 0 Å². The number of halogens is 1. The normalized spacial score (nSPS) is 13.2. The second kappa shape index (κ2) is 5.22. The zero-order valence-corrected chi connectivity index (χ0v) is 13.4. The summed E-state index contributed by atoms with van der Waals surface area (Å²) < 4.78 is 4.12. The van der Waals surface area contributed by atoms with E-state index in [2.05, 4.69) is 38.4 Å². The van der Waals surface area contributed by atoms with E-state index in [0.29, 0.717) is 11.9 Å². The second-order valence-corrected chi connectivity index (χ2v) is 6.14. The lowest BCUT2D eigenvalue weighted by molar-refractivity contribution is 0.530. The number of aromatic nitrogens is 4. The fraction of sp³-hybridized carbons (Fsp3) is 0.429. The third kappa shape index (κ3) is 2.15. The van der Waals surface area contributed by atoms with Gasteiger partial charge in [0.2, 0.25) is 0 Å². The molecule has 1 unspecified atom stereocenters. The molecule has 0 aliphatic heterocycles. The summed E-state index contributed by atoms with van der Waals surface area (Å²) in [4.78, 5) is 4.65. The van der Waals surface area contributed by atoms with Gasteiger partial charge in [0.25, 0.3) is 0 Å². The van der Waals surface area contributed by atoms with Crippen LogP contribution in [0, 0.1) is 6.92 Å². The van der Waals surface area contributed by atoms with E-state index in [1.807, 2.05) is 18.7 Å². The molecule has 0 fully saturated rings. The predicted octanol–water partition coefficient (Wildman–Crippen LogP) is 3.68. The van der Waals surface area contributed by atoms with Crippen LogP contribution in [-0.2, 0) is 19.3 Å². The number of rotatable bonds is 4. The molecular formula is C14H17ClN4S. The number of imidazole rings is 1. The zero-order valence-electron chi connectivity index (χ0n) is 11.8. The van der Waals surface area contributed by atoms with E-state index in [0.717, 1.165) is 29.1 Å². The molecule has 20 heavy (non-hydrogen) atoms. The van der Waals surface area contributed by atoms with E-state index in [1.54, 1.807) is 11.3 Å². The molecule has 0 bridgehead atoms. The molecule has 6 heteroatoms. The van der Waals surface area contributed by atoms with Gasteiger partial charge >= 0.3 is 0 Å². The minimum atomic E-state index is 0.304. The lowest BCUT2D eigenvalue weighted by atomic mass is 10.1. The first kappa shape index (κ1) is 13.6. The maximum Gasteiger partial charge on any atom is 0.158 e. The number of hydrogen-bond donors (Lipinski definition) is 0. The lowest BCUT2D eigenvalue weighted by Gasteiger charge is -2.16. The summed E-state index contributed by atoms with van der Waals surface area (Å²) in [6, 6.07) is 2.47. The number of alkyl halides is 1. The monoisotopic (exact) mass is 308 g/mol. The molecule has 0 aliphatic rings. The minimum absolute atomic E-state index is 0.304. The molecule has 0 amide bonds. The second-order valence-electron chi connectivity index (χ2n) is 5.10. The van der Waals surface area contributed by atoms with Crippen molar-refractivity contribution in [2.24, 2.45) is 7.05 Å². The highest BCUT2D eigenvalue weighted by Crippen LogP contribution is 2.26. The SMILES string of the molecule is Cc1nn(C)c2c1nc(CCl)n2C(C)Cc1ccsc1. The third-order valence-corrected chi connectivity index (χ3v) is 4.55. The van der Waals surface area contributed by atoms with Gasteiger partial charge in [-0.3, -0.25) is 4.68 Å². The summed E-state index contributed by atoms with van der Waals surface area (Å²) in [5.41, 5.74) is 4.32. The van der Waals surface area contributed by atoms with Crippen LogP contribution in [0.5, 0.6) is 0 Å². The summed E-state index contributed by atoms with van der Waals surface area (Å²) in [6.45, 7) is 4.19. The van der Waals surface area contributed by atoms with Crippen LogP contribution in [0.15, 0.2) is 16.8 Å². The summed E-state index contributed by atoms with van der Waals surface area (Å²) in [6.07, 6.45) is 0.975. The quantitative estimate of drug-likeness (QED) is 0.689.